The van der Waals surface area contributed by atoms with Gasteiger partial charge in [0.15, 0.2) is 5.71 Å². The highest BCUT2D eigenvalue weighted by Crippen LogP contribution is 2.07. The van der Waals surface area contributed by atoms with Gasteiger partial charge in [-0.25, -0.2) is 0 Å². The molecule has 1 amide bonds. The van der Waals surface area contributed by atoms with E-state index >= 15 is 0 Å². The predicted octanol–water partition coefficient (Wildman–Crippen LogP) is 0.908. The van der Waals surface area contributed by atoms with Crippen LogP contribution in [0.1, 0.15) is 5.56 Å². The molecule has 0 aliphatic carbocycles. The third kappa shape index (κ3) is 1.82. The summed E-state index contributed by atoms with van der Waals surface area (Å²) in [7, 11) is 1.34. The van der Waals surface area contributed by atoms with Crippen molar-refractivity contribution in [2.24, 2.45) is 5.16 Å². The topological polar surface area (TPSA) is 62.5 Å². The molecule has 0 unspecified atom stereocenters. The lowest BCUT2D eigenvalue weighted by Crippen LogP contribution is -2.15. The molecule has 0 aliphatic heterocycles. The van der Waals surface area contributed by atoms with Gasteiger partial charge >= 0.3 is 0 Å². The summed E-state index contributed by atoms with van der Waals surface area (Å²) < 4.78 is 0. The molecular formula is C7H7N2O2S. The van der Waals surface area contributed by atoms with Crippen LogP contribution in [0, 0.1) is 0 Å². The molecule has 0 saturated carbocycles. The highest BCUT2D eigenvalue weighted by molar-refractivity contribution is 7.08. The van der Waals surface area contributed by atoms with Crippen molar-refractivity contribution in [3.63, 3.8) is 0 Å². The summed E-state index contributed by atoms with van der Waals surface area (Å²) in [5.74, 6) is -0.838. The second-order valence-corrected chi connectivity index (χ2v) is 2.74. The minimum atomic E-state index is -0.838. The molecule has 63 valence electrons. The number of amides is 1. The van der Waals surface area contributed by atoms with Gasteiger partial charge in [0.25, 0.3) is 5.91 Å². The van der Waals surface area contributed by atoms with Crippen molar-refractivity contribution in [3.8, 4) is 0 Å². The fraction of sp³-hybridized carbons (Fsp3) is 0.143. The number of rotatable bonds is 3. The van der Waals surface area contributed by atoms with Crippen LogP contribution in [0.3, 0.4) is 0 Å². The number of hydrogen-bond donors (Lipinski definition) is 0. The first-order valence-corrected chi connectivity index (χ1v) is 4.09. The molecule has 0 bridgehead atoms. The lowest BCUT2D eigenvalue weighted by Gasteiger charge is -1.95. The minimum Gasteiger partial charge on any atom is -0.398 e. The summed E-state index contributed by atoms with van der Waals surface area (Å²) in [6.07, 6.45) is 0. The van der Waals surface area contributed by atoms with Crippen molar-refractivity contribution in [2.45, 2.75) is 0 Å². The SMILES string of the molecule is CO/N=C(/C([NH])=O)c1ccsc1. The van der Waals surface area contributed by atoms with Crippen LogP contribution in [0.15, 0.2) is 22.0 Å². The average molecular weight is 183 g/mol. The van der Waals surface area contributed by atoms with Gasteiger partial charge in [0, 0.05) is 10.9 Å². The van der Waals surface area contributed by atoms with E-state index in [0.717, 1.165) is 0 Å². The van der Waals surface area contributed by atoms with Crippen molar-refractivity contribution in [1.29, 1.82) is 0 Å². The van der Waals surface area contributed by atoms with Gasteiger partial charge in [-0.1, -0.05) is 5.16 Å². The quantitative estimate of drug-likeness (QED) is 0.516. The predicted molar refractivity (Wildman–Crippen MR) is 46.0 cm³/mol. The zero-order valence-electron chi connectivity index (χ0n) is 6.40. The van der Waals surface area contributed by atoms with Crippen LogP contribution in [0.2, 0.25) is 0 Å². The number of oxime groups is 1. The molecule has 0 aromatic carbocycles. The van der Waals surface area contributed by atoms with Gasteiger partial charge in [-0.15, -0.1) is 0 Å². The number of hydrogen-bond acceptors (Lipinski definition) is 4. The van der Waals surface area contributed by atoms with E-state index in [4.69, 9.17) is 5.73 Å². The first-order valence-electron chi connectivity index (χ1n) is 3.15. The van der Waals surface area contributed by atoms with E-state index < -0.39 is 5.91 Å². The van der Waals surface area contributed by atoms with Gasteiger partial charge in [-0.2, -0.15) is 11.3 Å². The van der Waals surface area contributed by atoms with Crippen molar-refractivity contribution >= 4 is 23.0 Å². The van der Waals surface area contributed by atoms with E-state index in [0.29, 0.717) is 5.56 Å². The average Bonchev–Trinajstić information content (AvgIpc) is 2.51. The Morgan fingerprint density at radius 3 is 2.92 bits per heavy atom. The number of carbonyl (C=O) groups excluding carboxylic acids is 1. The van der Waals surface area contributed by atoms with E-state index in [1.54, 1.807) is 11.4 Å². The largest absolute Gasteiger partial charge is 0.398 e. The lowest BCUT2D eigenvalue weighted by atomic mass is 10.2. The highest BCUT2D eigenvalue weighted by atomic mass is 32.1. The zero-order chi connectivity index (χ0) is 8.97. The van der Waals surface area contributed by atoms with E-state index in [1.807, 2.05) is 5.38 Å². The Bertz CT molecular complexity index is 292. The van der Waals surface area contributed by atoms with Crippen molar-refractivity contribution in [1.82, 2.24) is 5.73 Å². The van der Waals surface area contributed by atoms with Crippen LogP contribution >= 0.6 is 11.3 Å². The van der Waals surface area contributed by atoms with Crippen LogP contribution < -0.4 is 5.73 Å². The smallest absolute Gasteiger partial charge is 0.292 e. The number of thiophene rings is 1. The van der Waals surface area contributed by atoms with Crippen molar-refractivity contribution in [2.75, 3.05) is 7.11 Å². The molecular weight excluding hydrogens is 176 g/mol. The monoisotopic (exact) mass is 183 g/mol. The normalized spacial score (nSPS) is 11.2. The number of nitrogens with one attached hydrogen (secondary N) is 1. The molecule has 1 rings (SSSR count). The molecule has 0 saturated heterocycles. The summed E-state index contributed by atoms with van der Waals surface area (Å²) in [4.78, 5) is 15.1. The molecule has 4 nitrogen and oxygen atoms in total. The van der Waals surface area contributed by atoms with Crippen LogP contribution in [0.4, 0.5) is 0 Å². The van der Waals surface area contributed by atoms with Gasteiger partial charge in [0.1, 0.15) is 7.11 Å². The first kappa shape index (κ1) is 8.73. The zero-order valence-corrected chi connectivity index (χ0v) is 7.22. The standard InChI is InChI=1S/C7H7N2O2S/c1-11-9-6(7(8)10)5-2-3-12-4-5/h2-4,8H,1H3/b9-6+. The van der Waals surface area contributed by atoms with E-state index in [2.05, 4.69) is 9.99 Å². The van der Waals surface area contributed by atoms with Gasteiger partial charge in [0.2, 0.25) is 0 Å². The fourth-order valence-electron chi connectivity index (χ4n) is 0.716. The maximum atomic E-state index is 10.7. The highest BCUT2D eigenvalue weighted by Gasteiger charge is 2.11. The van der Waals surface area contributed by atoms with Crippen LogP contribution in [-0.4, -0.2) is 18.7 Å². The Morgan fingerprint density at radius 1 is 1.75 bits per heavy atom. The van der Waals surface area contributed by atoms with Crippen molar-refractivity contribution in [3.05, 3.63) is 22.4 Å². The molecule has 12 heavy (non-hydrogen) atoms. The number of carbonyl (C=O) groups is 1. The Kier molecular flexibility index (Phi) is 2.82. The summed E-state index contributed by atoms with van der Waals surface area (Å²) in [6, 6.07) is 1.72. The maximum Gasteiger partial charge on any atom is 0.292 e. The van der Waals surface area contributed by atoms with E-state index in [1.165, 1.54) is 18.4 Å². The number of nitrogens with zero attached hydrogens (tertiary/aromatic N) is 1. The molecule has 1 aromatic rings. The second-order valence-electron chi connectivity index (χ2n) is 1.96. The summed E-state index contributed by atoms with van der Waals surface area (Å²) in [6.45, 7) is 0. The van der Waals surface area contributed by atoms with Crippen LogP contribution in [0.25, 0.3) is 0 Å². The van der Waals surface area contributed by atoms with Crippen molar-refractivity contribution < 1.29 is 9.63 Å². The molecule has 1 heterocycles. The summed E-state index contributed by atoms with van der Waals surface area (Å²) in [5.41, 5.74) is 7.54. The molecule has 5 heteroatoms. The van der Waals surface area contributed by atoms with Crippen LogP contribution in [-0.2, 0) is 9.63 Å². The molecule has 1 N–H and O–H groups in total. The molecule has 0 aliphatic rings. The Balaban J connectivity index is 2.96. The molecule has 0 atom stereocenters. The van der Waals surface area contributed by atoms with E-state index in [-0.39, 0.29) is 5.71 Å². The van der Waals surface area contributed by atoms with Gasteiger partial charge in [-0.3, -0.25) is 10.5 Å². The summed E-state index contributed by atoms with van der Waals surface area (Å²) >= 11 is 1.44. The van der Waals surface area contributed by atoms with Crippen LogP contribution in [0.5, 0.6) is 0 Å². The minimum absolute atomic E-state index is 0.0405. The summed E-state index contributed by atoms with van der Waals surface area (Å²) in [5, 5.41) is 7.00. The van der Waals surface area contributed by atoms with Gasteiger partial charge in [-0.05, 0) is 11.4 Å². The molecule has 0 spiro atoms. The fourth-order valence-corrected chi connectivity index (χ4v) is 1.36. The first-order chi connectivity index (χ1) is 5.75. The molecule has 1 aromatic heterocycles. The van der Waals surface area contributed by atoms with Gasteiger partial charge in [0.05, 0.1) is 0 Å². The maximum absolute atomic E-state index is 10.7. The lowest BCUT2D eigenvalue weighted by molar-refractivity contribution is -0.112. The Hall–Kier alpha value is -1.36. The molecule has 0 fully saturated rings. The third-order valence-electron chi connectivity index (χ3n) is 1.19. The molecule has 1 radical (unpaired) electrons. The Labute approximate surface area is 73.6 Å². The second kappa shape index (κ2) is 3.87. The third-order valence-corrected chi connectivity index (χ3v) is 1.88. The van der Waals surface area contributed by atoms with Gasteiger partial charge < -0.3 is 4.84 Å². The Morgan fingerprint density at radius 2 is 2.50 bits per heavy atom. The van der Waals surface area contributed by atoms with E-state index in [9.17, 15) is 4.79 Å².